The van der Waals surface area contributed by atoms with E-state index in [1.54, 1.807) is 12.4 Å². The van der Waals surface area contributed by atoms with E-state index >= 15 is 0 Å². The number of pyridine rings is 2. The van der Waals surface area contributed by atoms with E-state index in [-0.39, 0.29) is 17.9 Å². The molecule has 1 N–H and O–H groups in total. The summed E-state index contributed by atoms with van der Waals surface area (Å²) in [6.07, 6.45) is 8.19. The molecule has 38 heavy (non-hydrogen) atoms. The van der Waals surface area contributed by atoms with E-state index in [0.29, 0.717) is 35.5 Å². The average molecular weight is 538 g/mol. The van der Waals surface area contributed by atoms with Crippen molar-refractivity contribution < 1.29 is 9.26 Å². The Morgan fingerprint density at radius 3 is 2.66 bits per heavy atom. The number of hydrogen-bond donors (Lipinski definition) is 1. The lowest BCUT2D eigenvalue weighted by atomic mass is 9.79. The van der Waals surface area contributed by atoms with Crippen LogP contribution in [0.2, 0.25) is 5.02 Å². The molecule has 5 heterocycles. The van der Waals surface area contributed by atoms with E-state index < -0.39 is 5.76 Å². The number of anilines is 1. The molecular formula is C27H32ClN7O3. The first kappa shape index (κ1) is 25.1. The first-order chi connectivity index (χ1) is 18.4. The minimum absolute atomic E-state index is 0.175. The molecule has 2 fully saturated rings. The highest BCUT2D eigenvalue weighted by atomic mass is 35.5. The molecule has 0 bridgehead atoms. The summed E-state index contributed by atoms with van der Waals surface area (Å²) < 4.78 is 12.9. The molecule has 11 heteroatoms. The number of nitrogens with zero attached hydrogens (tertiary/aromatic N) is 6. The number of aromatic amines is 1. The molecule has 1 saturated heterocycles. The summed E-state index contributed by atoms with van der Waals surface area (Å²) in [5, 5.41) is 4.40. The van der Waals surface area contributed by atoms with Gasteiger partial charge in [0, 0.05) is 30.5 Å². The topological polar surface area (TPSA) is 115 Å². The van der Waals surface area contributed by atoms with Gasteiger partial charge in [-0.05, 0) is 50.7 Å². The van der Waals surface area contributed by atoms with Crippen LogP contribution < -0.4 is 10.7 Å². The van der Waals surface area contributed by atoms with E-state index in [4.69, 9.17) is 30.8 Å². The predicted octanol–water partition coefficient (Wildman–Crippen LogP) is 5.10. The highest BCUT2D eigenvalue weighted by molar-refractivity contribution is 6.30. The number of aromatic nitrogens is 6. The van der Waals surface area contributed by atoms with E-state index in [1.165, 1.54) is 25.7 Å². The molecule has 4 aromatic heterocycles. The minimum atomic E-state index is -0.638. The van der Waals surface area contributed by atoms with Gasteiger partial charge in [0.2, 0.25) is 11.8 Å². The molecule has 1 aliphatic heterocycles. The van der Waals surface area contributed by atoms with Gasteiger partial charge in [0.15, 0.2) is 0 Å². The highest BCUT2D eigenvalue weighted by Crippen LogP contribution is 2.42. The van der Waals surface area contributed by atoms with Crippen LogP contribution in [0.3, 0.4) is 0 Å². The zero-order valence-corrected chi connectivity index (χ0v) is 22.6. The molecule has 2 atom stereocenters. The van der Waals surface area contributed by atoms with Gasteiger partial charge < -0.3 is 14.2 Å². The van der Waals surface area contributed by atoms with E-state index in [9.17, 15) is 4.79 Å². The molecule has 10 nitrogen and oxygen atoms in total. The third kappa shape index (κ3) is 4.60. The van der Waals surface area contributed by atoms with Crippen molar-refractivity contribution >= 4 is 28.6 Å². The van der Waals surface area contributed by atoms with Crippen LogP contribution in [-0.4, -0.2) is 55.5 Å². The molecule has 4 aromatic rings. The largest absolute Gasteiger partial charge is 0.439 e. The van der Waals surface area contributed by atoms with Gasteiger partial charge >= 0.3 is 5.76 Å². The van der Waals surface area contributed by atoms with Crippen LogP contribution in [0.25, 0.3) is 33.8 Å². The monoisotopic (exact) mass is 537 g/mol. The lowest BCUT2D eigenvalue weighted by Gasteiger charge is -2.38. The number of fused-ring (bicyclic) bond motifs is 1. The number of H-pyrrole nitrogens is 1. The maximum Gasteiger partial charge on any atom is 0.439 e. The van der Waals surface area contributed by atoms with Gasteiger partial charge in [0.25, 0.3) is 0 Å². The fraction of sp³-hybridized carbons (Fsp3) is 0.519. The Labute approximate surface area is 225 Å². The maximum absolute atomic E-state index is 11.7. The zero-order chi connectivity index (χ0) is 26.4. The maximum atomic E-state index is 11.7. The highest BCUT2D eigenvalue weighted by Gasteiger charge is 2.33. The van der Waals surface area contributed by atoms with Crippen molar-refractivity contribution in [3.63, 3.8) is 0 Å². The van der Waals surface area contributed by atoms with Crippen molar-refractivity contribution in [3.8, 4) is 22.8 Å². The summed E-state index contributed by atoms with van der Waals surface area (Å²) in [5.41, 5.74) is 3.60. The number of rotatable bonds is 5. The molecule has 2 unspecified atom stereocenters. The van der Waals surface area contributed by atoms with Crippen molar-refractivity contribution in [2.75, 3.05) is 24.7 Å². The SMILES string of the molecule is CC1CCC(C(C)n2c(N3CCOCC3C)nc3cc(-c4noc(=O)[nH]4)nc(-c4cncc(Cl)c4)c32)CC1. The van der Waals surface area contributed by atoms with Gasteiger partial charge in [-0.1, -0.05) is 36.5 Å². The Morgan fingerprint density at radius 1 is 1.13 bits per heavy atom. The summed E-state index contributed by atoms with van der Waals surface area (Å²) in [6.45, 7) is 8.87. The van der Waals surface area contributed by atoms with Crippen LogP contribution in [0.4, 0.5) is 5.95 Å². The average Bonchev–Trinajstić information content (AvgIpc) is 3.52. The number of hydrogen-bond acceptors (Lipinski definition) is 8. The van der Waals surface area contributed by atoms with Crippen LogP contribution in [0.5, 0.6) is 0 Å². The standard InChI is InChI=1S/C27H32ClN7O3/c1-15-4-6-18(7-5-15)17(3)35-24-21(31-26(35)34-8-9-37-14-16(34)2)11-22(25-32-27(36)38-33-25)30-23(24)19-10-20(28)13-29-12-19/h10-13,15-18H,4-9,14H2,1-3H3,(H,32,33,36). The fourth-order valence-electron chi connectivity index (χ4n) is 5.91. The molecule has 6 rings (SSSR count). The lowest BCUT2D eigenvalue weighted by Crippen LogP contribution is -2.45. The van der Waals surface area contributed by atoms with Crippen LogP contribution in [0.15, 0.2) is 33.8 Å². The summed E-state index contributed by atoms with van der Waals surface area (Å²) in [6, 6.07) is 4.09. The Balaban J connectivity index is 1.61. The normalized spacial score (nSPS) is 23.2. The first-order valence-electron chi connectivity index (χ1n) is 13.3. The molecule has 0 aromatic carbocycles. The fourth-order valence-corrected chi connectivity index (χ4v) is 6.08. The molecule has 0 amide bonds. The smallest absolute Gasteiger partial charge is 0.377 e. The number of morpholine rings is 1. The van der Waals surface area contributed by atoms with Crippen LogP contribution in [-0.2, 0) is 4.74 Å². The third-order valence-corrected chi connectivity index (χ3v) is 8.29. The Morgan fingerprint density at radius 2 is 1.95 bits per heavy atom. The van der Waals surface area contributed by atoms with Gasteiger partial charge in [0.1, 0.15) is 5.69 Å². The molecule has 0 spiro atoms. The molecule has 1 aliphatic carbocycles. The minimum Gasteiger partial charge on any atom is -0.377 e. The van der Waals surface area contributed by atoms with Gasteiger partial charge in [-0.15, -0.1) is 0 Å². The Hall–Kier alpha value is -3.24. The van der Waals surface area contributed by atoms with Crippen LogP contribution >= 0.6 is 11.6 Å². The van der Waals surface area contributed by atoms with Gasteiger partial charge in [-0.3, -0.25) is 14.5 Å². The second-order valence-electron chi connectivity index (χ2n) is 10.7. The molecule has 2 aliphatic rings. The molecular weight excluding hydrogens is 506 g/mol. The van der Waals surface area contributed by atoms with E-state index in [0.717, 1.165) is 35.0 Å². The summed E-state index contributed by atoms with van der Waals surface area (Å²) >= 11 is 6.38. The summed E-state index contributed by atoms with van der Waals surface area (Å²) in [5.74, 6) is 1.81. The first-order valence-corrected chi connectivity index (χ1v) is 13.7. The quantitative estimate of drug-likeness (QED) is 0.374. The number of imidazole rings is 1. The van der Waals surface area contributed by atoms with Crippen molar-refractivity contribution in [2.24, 2.45) is 11.8 Å². The second kappa shape index (κ2) is 10.1. The summed E-state index contributed by atoms with van der Waals surface area (Å²) in [4.78, 5) is 31.2. The van der Waals surface area contributed by atoms with Crippen LogP contribution in [0.1, 0.15) is 52.5 Å². The Kier molecular flexibility index (Phi) is 6.69. The lowest BCUT2D eigenvalue weighted by molar-refractivity contribution is 0.0972. The Bertz CT molecular complexity index is 1500. The van der Waals surface area contributed by atoms with Crippen molar-refractivity contribution in [1.29, 1.82) is 0 Å². The van der Waals surface area contributed by atoms with Crippen molar-refractivity contribution in [3.05, 3.63) is 40.1 Å². The number of ether oxygens (including phenoxy) is 1. The zero-order valence-electron chi connectivity index (χ0n) is 21.9. The number of halogens is 1. The predicted molar refractivity (Wildman–Crippen MR) is 145 cm³/mol. The third-order valence-electron chi connectivity index (χ3n) is 8.09. The van der Waals surface area contributed by atoms with Gasteiger partial charge in [0.05, 0.1) is 41.0 Å². The van der Waals surface area contributed by atoms with Crippen molar-refractivity contribution in [2.45, 2.75) is 58.5 Å². The second-order valence-corrected chi connectivity index (χ2v) is 11.2. The molecule has 0 radical (unpaired) electrons. The number of nitrogens with one attached hydrogen (secondary N) is 1. The van der Waals surface area contributed by atoms with E-state index in [1.807, 2.05) is 12.1 Å². The summed E-state index contributed by atoms with van der Waals surface area (Å²) in [7, 11) is 0. The van der Waals surface area contributed by atoms with Gasteiger partial charge in [-0.2, -0.15) is 0 Å². The van der Waals surface area contributed by atoms with E-state index in [2.05, 4.69) is 45.4 Å². The molecule has 1 saturated carbocycles. The van der Waals surface area contributed by atoms with Gasteiger partial charge in [-0.25, -0.2) is 14.8 Å². The van der Waals surface area contributed by atoms with Crippen molar-refractivity contribution in [1.82, 2.24) is 29.7 Å². The van der Waals surface area contributed by atoms with Crippen LogP contribution in [0, 0.1) is 11.8 Å². The molecule has 200 valence electrons.